The van der Waals surface area contributed by atoms with Crippen molar-refractivity contribution in [2.75, 3.05) is 12.3 Å². The van der Waals surface area contributed by atoms with Crippen LogP contribution < -0.4 is 11.4 Å². The predicted molar refractivity (Wildman–Crippen MR) is 158 cm³/mol. The molecule has 0 aliphatic carbocycles. The smallest absolute Gasteiger partial charge is 0.351 e. The molecule has 0 bridgehead atoms. The number of ether oxygens (including phenoxy) is 3. The summed E-state index contributed by atoms with van der Waals surface area (Å²) in [5.74, 6) is 1.39. The first-order valence-electron chi connectivity index (χ1n) is 13.5. The Morgan fingerprint density at radius 3 is 2.24 bits per heavy atom. The first-order valence-corrected chi connectivity index (χ1v) is 16.4. The fourth-order valence-corrected chi connectivity index (χ4v) is 5.69. The summed E-state index contributed by atoms with van der Waals surface area (Å²) in [4.78, 5) is 16.7. The van der Waals surface area contributed by atoms with Gasteiger partial charge in [-0.25, -0.2) is 9.18 Å². The molecular formula is C31H38FN3O5Si. The molecule has 2 heterocycles. The van der Waals surface area contributed by atoms with Crippen LogP contribution in [-0.2, 0) is 31.9 Å². The average Bonchev–Trinajstić information content (AvgIpc) is 3.22. The fraction of sp³-hybridized carbons (Fsp3) is 0.419. The highest BCUT2D eigenvalue weighted by Gasteiger charge is 2.59. The van der Waals surface area contributed by atoms with E-state index in [-0.39, 0.29) is 24.9 Å². The largest absolute Gasteiger partial charge is 0.406 e. The average molecular weight is 580 g/mol. The molecule has 2 N–H and O–H groups in total. The molecule has 3 aromatic rings. The second-order valence-corrected chi connectivity index (χ2v) is 16.5. The number of nitrogen functional groups attached to an aromatic ring is 1. The number of aromatic nitrogens is 2. The summed E-state index contributed by atoms with van der Waals surface area (Å²) in [6, 6.07) is 19.3. The zero-order valence-electron chi connectivity index (χ0n) is 24.2. The molecule has 1 saturated heterocycles. The highest BCUT2D eigenvalue weighted by Crippen LogP contribution is 2.46. The minimum Gasteiger partial charge on any atom is -0.406 e. The zero-order valence-corrected chi connectivity index (χ0v) is 25.2. The topological polar surface area (TPSA) is 97.8 Å². The van der Waals surface area contributed by atoms with Gasteiger partial charge in [-0.15, -0.1) is 6.42 Å². The standard InChI is InChI=1S/C31H38FN3O5Si/c1-7-31(21-37-19-22-14-10-8-11-15-22)26(38-20-23-16-12-9-13-17-23)25(40-41(5,6)30(2,3)4)28(39-31)35-18-24(32)27(33)34-29(35)36/h1,8-18,25-26,28H,19-21H2,2-6H3,(H2,33,34,36)/t25-,26-,28+,31+/m0/s1. The van der Waals surface area contributed by atoms with Gasteiger partial charge < -0.3 is 24.4 Å². The van der Waals surface area contributed by atoms with Gasteiger partial charge in [-0.3, -0.25) is 4.57 Å². The zero-order chi connectivity index (χ0) is 29.8. The van der Waals surface area contributed by atoms with Gasteiger partial charge in [0.15, 0.2) is 31.8 Å². The monoisotopic (exact) mass is 579 g/mol. The van der Waals surface area contributed by atoms with Crippen LogP contribution in [0.25, 0.3) is 0 Å². The van der Waals surface area contributed by atoms with Crippen LogP contribution in [-0.4, -0.2) is 42.3 Å². The minimum absolute atomic E-state index is 0.0641. The van der Waals surface area contributed by atoms with E-state index in [2.05, 4.69) is 44.8 Å². The molecule has 0 amide bonds. The Morgan fingerprint density at radius 1 is 1.10 bits per heavy atom. The summed E-state index contributed by atoms with van der Waals surface area (Å²) in [5.41, 5.74) is 5.17. The highest BCUT2D eigenvalue weighted by atomic mass is 28.4. The van der Waals surface area contributed by atoms with E-state index < -0.39 is 49.7 Å². The second-order valence-electron chi connectivity index (χ2n) is 11.7. The van der Waals surface area contributed by atoms with Crippen molar-refractivity contribution >= 4 is 14.1 Å². The maximum Gasteiger partial charge on any atom is 0.351 e. The third kappa shape index (κ3) is 6.77. The maximum absolute atomic E-state index is 14.7. The van der Waals surface area contributed by atoms with Crippen molar-refractivity contribution in [2.45, 2.75) is 76.2 Å². The summed E-state index contributed by atoms with van der Waals surface area (Å²) in [6.07, 6.45) is 4.22. The Balaban J connectivity index is 1.78. The van der Waals surface area contributed by atoms with Crippen LogP contribution in [0.15, 0.2) is 71.7 Å². The molecule has 1 aliphatic rings. The van der Waals surface area contributed by atoms with Crippen molar-refractivity contribution in [3.8, 4) is 12.3 Å². The third-order valence-electron chi connectivity index (χ3n) is 7.76. The van der Waals surface area contributed by atoms with Gasteiger partial charge in [0.1, 0.15) is 12.2 Å². The lowest BCUT2D eigenvalue weighted by Gasteiger charge is -2.41. The van der Waals surface area contributed by atoms with Crippen LogP contribution >= 0.6 is 0 Å². The molecule has 218 valence electrons. The van der Waals surface area contributed by atoms with Crippen LogP contribution in [0.4, 0.5) is 10.2 Å². The molecule has 0 spiro atoms. The van der Waals surface area contributed by atoms with Crippen LogP contribution in [0.5, 0.6) is 0 Å². The Labute approximate surface area is 241 Å². The van der Waals surface area contributed by atoms with Gasteiger partial charge in [0.25, 0.3) is 0 Å². The number of benzene rings is 2. The molecule has 0 saturated carbocycles. The van der Waals surface area contributed by atoms with E-state index in [0.717, 1.165) is 21.9 Å². The quantitative estimate of drug-likeness (QED) is 0.265. The first-order chi connectivity index (χ1) is 19.4. The van der Waals surface area contributed by atoms with Crippen LogP contribution in [0.1, 0.15) is 38.1 Å². The summed E-state index contributed by atoms with van der Waals surface area (Å²) >= 11 is 0. The summed E-state index contributed by atoms with van der Waals surface area (Å²) in [6.45, 7) is 10.8. The van der Waals surface area contributed by atoms with Crippen LogP contribution in [0.3, 0.4) is 0 Å². The van der Waals surface area contributed by atoms with Gasteiger partial charge in [-0.1, -0.05) is 87.4 Å². The van der Waals surface area contributed by atoms with Crippen molar-refractivity contribution in [3.63, 3.8) is 0 Å². The van der Waals surface area contributed by atoms with Crippen molar-refractivity contribution in [1.82, 2.24) is 9.55 Å². The van der Waals surface area contributed by atoms with Gasteiger partial charge in [0, 0.05) is 0 Å². The Bertz CT molecular complexity index is 1420. The van der Waals surface area contributed by atoms with Crippen molar-refractivity contribution in [3.05, 3.63) is 94.3 Å². The lowest BCUT2D eigenvalue weighted by Crippen LogP contribution is -2.53. The maximum atomic E-state index is 14.7. The van der Waals surface area contributed by atoms with E-state index in [9.17, 15) is 9.18 Å². The molecule has 1 aliphatic heterocycles. The number of rotatable bonds is 10. The molecular weight excluding hydrogens is 541 g/mol. The molecule has 8 nitrogen and oxygen atoms in total. The summed E-state index contributed by atoms with van der Waals surface area (Å²) in [7, 11) is -2.52. The number of halogens is 1. The number of nitrogens with zero attached hydrogens (tertiary/aromatic N) is 2. The molecule has 1 aromatic heterocycles. The van der Waals surface area contributed by atoms with Gasteiger partial charge in [-0.2, -0.15) is 4.98 Å². The molecule has 1 fully saturated rings. The Morgan fingerprint density at radius 2 is 1.68 bits per heavy atom. The molecule has 10 heteroatoms. The normalized spacial score (nSPS) is 22.9. The van der Waals surface area contributed by atoms with E-state index in [4.69, 9.17) is 30.8 Å². The number of hydrogen-bond donors (Lipinski definition) is 1. The summed E-state index contributed by atoms with van der Waals surface area (Å²) in [5, 5.41) is -0.206. The lowest BCUT2D eigenvalue weighted by atomic mass is 9.96. The van der Waals surface area contributed by atoms with Gasteiger partial charge >= 0.3 is 5.69 Å². The fourth-order valence-electron chi connectivity index (χ4n) is 4.41. The molecule has 4 rings (SSSR count). The molecule has 0 unspecified atom stereocenters. The molecule has 0 radical (unpaired) electrons. The van der Waals surface area contributed by atoms with E-state index in [1.807, 2.05) is 60.7 Å². The van der Waals surface area contributed by atoms with Crippen LogP contribution in [0, 0.1) is 18.2 Å². The molecule has 41 heavy (non-hydrogen) atoms. The van der Waals surface area contributed by atoms with E-state index >= 15 is 0 Å². The Kier molecular flexibility index (Phi) is 9.16. The number of hydrogen-bond acceptors (Lipinski definition) is 7. The number of anilines is 1. The SMILES string of the molecule is C#C[C@]1(COCc2ccccc2)O[C@@H](n2cc(F)c(N)nc2=O)[C@@H](O[Si](C)(C)C(C)(C)C)[C@@H]1OCc1ccccc1. The number of nitrogens with two attached hydrogens (primary N) is 1. The molecule has 2 aromatic carbocycles. The minimum atomic E-state index is -2.52. The van der Waals surface area contributed by atoms with Gasteiger partial charge in [-0.05, 0) is 29.3 Å². The second kappa shape index (κ2) is 12.3. The van der Waals surface area contributed by atoms with Gasteiger partial charge in [0.2, 0.25) is 0 Å². The first kappa shape index (κ1) is 30.6. The number of terminal acetylenes is 1. The molecule has 4 atom stereocenters. The van der Waals surface area contributed by atoms with E-state index in [0.29, 0.717) is 0 Å². The van der Waals surface area contributed by atoms with Gasteiger partial charge in [0.05, 0.1) is 26.0 Å². The van der Waals surface area contributed by atoms with E-state index in [1.165, 1.54) is 0 Å². The predicted octanol–water partition coefficient (Wildman–Crippen LogP) is 5.06. The van der Waals surface area contributed by atoms with Crippen LogP contribution in [0.2, 0.25) is 18.1 Å². The highest BCUT2D eigenvalue weighted by molar-refractivity contribution is 6.74. The third-order valence-corrected chi connectivity index (χ3v) is 12.2. The lowest BCUT2D eigenvalue weighted by molar-refractivity contribution is -0.124. The summed E-state index contributed by atoms with van der Waals surface area (Å²) < 4.78 is 41.7. The van der Waals surface area contributed by atoms with Crippen molar-refractivity contribution < 1.29 is 23.0 Å². The van der Waals surface area contributed by atoms with Crippen molar-refractivity contribution in [1.29, 1.82) is 0 Å². The Hall–Kier alpha value is -3.33. The van der Waals surface area contributed by atoms with Crippen molar-refractivity contribution in [2.24, 2.45) is 0 Å². The van der Waals surface area contributed by atoms with E-state index in [1.54, 1.807) is 0 Å².